The molecular formula is C16H25N3OS. The van der Waals surface area contributed by atoms with Crippen LogP contribution >= 0.6 is 11.8 Å². The van der Waals surface area contributed by atoms with Gasteiger partial charge in [-0.15, -0.1) is 0 Å². The summed E-state index contributed by atoms with van der Waals surface area (Å²) in [4.78, 5) is 18.6. The van der Waals surface area contributed by atoms with E-state index in [2.05, 4.69) is 11.9 Å². The van der Waals surface area contributed by atoms with Crippen molar-refractivity contribution < 1.29 is 4.79 Å². The number of likely N-dealkylation sites (tertiary alicyclic amines) is 1. The maximum Gasteiger partial charge on any atom is 0.223 e. The summed E-state index contributed by atoms with van der Waals surface area (Å²) in [5.41, 5.74) is 6.89. The third-order valence-electron chi connectivity index (χ3n) is 4.01. The molecule has 1 saturated heterocycles. The number of nitrogens with two attached hydrogens (primary N) is 1. The van der Waals surface area contributed by atoms with Gasteiger partial charge in [-0.25, -0.2) is 0 Å². The summed E-state index contributed by atoms with van der Waals surface area (Å²) >= 11 is 1.77. The number of hydrogen-bond donors (Lipinski definition) is 1. The number of pyridine rings is 1. The third kappa shape index (κ3) is 5.00. The Hall–Kier alpha value is -1.07. The maximum atomic E-state index is 12.3. The van der Waals surface area contributed by atoms with E-state index in [4.69, 9.17) is 5.73 Å². The van der Waals surface area contributed by atoms with E-state index in [-0.39, 0.29) is 11.9 Å². The second kappa shape index (κ2) is 8.39. The molecule has 0 bridgehead atoms. The predicted octanol–water partition coefficient (Wildman–Crippen LogP) is 2.29. The van der Waals surface area contributed by atoms with Crippen molar-refractivity contribution in [3.8, 4) is 0 Å². The number of piperidine rings is 1. The molecule has 2 rings (SSSR count). The van der Waals surface area contributed by atoms with Gasteiger partial charge in [-0.2, -0.15) is 11.8 Å². The predicted molar refractivity (Wildman–Crippen MR) is 88.0 cm³/mol. The van der Waals surface area contributed by atoms with Gasteiger partial charge in [-0.05, 0) is 30.9 Å². The van der Waals surface area contributed by atoms with Gasteiger partial charge in [-0.1, -0.05) is 13.0 Å². The molecule has 116 valence electrons. The van der Waals surface area contributed by atoms with E-state index < -0.39 is 0 Å². The highest BCUT2D eigenvalue weighted by molar-refractivity contribution is 7.98. The molecule has 2 N–H and O–H groups in total. The zero-order valence-corrected chi connectivity index (χ0v) is 13.5. The Balaban J connectivity index is 1.71. The molecule has 2 atom stereocenters. The number of thioether (sulfide) groups is 1. The van der Waals surface area contributed by atoms with Crippen LogP contribution in [0.3, 0.4) is 0 Å². The molecule has 1 aromatic rings. The summed E-state index contributed by atoms with van der Waals surface area (Å²) in [6.07, 6.45) is 4.55. The quantitative estimate of drug-likeness (QED) is 0.819. The van der Waals surface area contributed by atoms with Crippen molar-refractivity contribution in [1.82, 2.24) is 9.88 Å². The van der Waals surface area contributed by atoms with E-state index in [1.165, 1.54) is 0 Å². The van der Waals surface area contributed by atoms with E-state index in [1.54, 1.807) is 11.8 Å². The molecule has 0 radical (unpaired) electrons. The Kier molecular flexibility index (Phi) is 6.51. The van der Waals surface area contributed by atoms with Gasteiger partial charge in [0.1, 0.15) is 0 Å². The fraction of sp³-hybridized carbons (Fsp3) is 0.625. The van der Waals surface area contributed by atoms with Crippen LogP contribution < -0.4 is 5.73 Å². The van der Waals surface area contributed by atoms with Crippen LogP contribution in [-0.4, -0.2) is 40.7 Å². The van der Waals surface area contributed by atoms with Crippen molar-refractivity contribution in [2.75, 3.05) is 18.8 Å². The summed E-state index contributed by atoms with van der Waals surface area (Å²) in [6, 6.07) is 6.17. The lowest BCUT2D eigenvalue weighted by atomic mass is 9.92. The van der Waals surface area contributed by atoms with Crippen LogP contribution in [0.5, 0.6) is 0 Å². The topological polar surface area (TPSA) is 59.2 Å². The summed E-state index contributed by atoms with van der Waals surface area (Å²) in [6.45, 7) is 3.69. The van der Waals surface area contributed by atoms with Crippen molar-refractivity contribution in [1.29, 1.82) is 0 Å². The largest absolute Gasteiger partial charge is 0.338 e. The van der Waals surface area contributed by atoms with Crippen LogP contribution in [-0.2, 0) is 10.5 Å². The standard InChI is InChI=1S/C16H25N3OS/c1-13-5-8-19(15(10-13)11-17)16(20)6-9-21-12-14-4-2-3-7-18-14/h2-4,7,13,15H,5-6,8-12,17H2,1H3. The molecule has 0 aromatic carbocycles. The Labute approximate surface area is 131 Å². The molecular weight excluding hydrogens is 282 g/mol. The first-order valence-corrected chi connectivity index (χ1v) is 8.83. The zero-order valence-electron chi connectivity index (χ0n) is 12.7. The van der Waals surface area contributed by atoms with E-state index in [1.807, 2.05) is 29.3 Å². The van der Waals surface area contributed by atoms with Crippen molar-refractivity contribution in [3.63, 3.8) is 0 Å². The Bertz CT molecular complexity index is 440. The maximum absolute atomic E-state index is 12.3. The average molecular weight is 307 g/mol. The average Bonchev–Trinajstić information content (AvgIpc) is 2.52. The molecule has 1 aromatic heterocycles. The molecule has 2 heterocycles. The van der Waals surface area contributed by atoms with Crippen LogP contribution in [0.2, 0.25) is 0 Å². The molecule has 0 spiro atoms. The summed E-state index contributed by atoms with van der Waals surface area (Å²) in [5, 5.41) is 0. The van der Waals surface area contributed by atoms with E-state index in [9.17, 15) is 4.79 Å². The Morgan fingerprint density at radius 1 is 1.52 bits per heavy atom. The van der Waals surface area contributed by atoms with E-state index in [0.717, 1.165) is 36.6 Å². The second-order valence-electron chi connectivity index (χ2n) is 5.73. The number of amides is 1. The molecule has 1 aliphatic rings. The van der Waals surface area contributed by atoms with Gasteiger partial charge in [0.05, 0.1) is 5.69 Å². The van der Waals surface area contributed by atoms with Gasteiger partial charge in [0.25, 0.3) is 0 Å². The molecule has 1 fully saturated rings. The van der Waals surface area contributed by atoms with Crippen molar-refractivity contribution >= 4 is 17.7 Å². The first kappa shape index (κ1) is 16.3. The molecule has 0 saturated carbocycles. The molecule has 21 heavy (non-hydrogen) atoms. The molecule has 1 aliphatic heterocycles. The Morgan fingerprint density at radius 2 is 2.38 bits per heavy atom. The normalized spacial score (nSPS) is 22.3. The van der Waals surface area contributed by atoms with Gasteiger partial charge in [0, 0.05) is 43.3 Å². The van der Waals surface area contributed by atoms with Crippen molar-refractivity contribution in [2.24, 2.45) is 11.7 Å². The zero-order chi connectivity index (χ0) is 15.1. The smallest absolute Gasteiger partial charge is 0.223 e. The Morgan fingerprint density at radius 3 is 3.10 bits per heavy atom. The second-order valence-corrected chi connectivity index (χ2v) is 6.84. The monoisotopic (exact) mass is 307 g/mol. The number of nitrogens with zero attached hydrogens (tertiary/aromatic N) is 2. The minimum Gasteiger partial charge on any atom is -0.338 e. The fourth-order valence-corrected chi connectivity index (χ4v) is 3.61. The summed E-state index contributed by atoms with van der Waals surface area (Å²) in [7, 11) is 0. The van der Waals surface area contributed by atoms with Crippen LogP contribution in [0, 0.1) is 5.92 Å². The van der Waals surface area contributed by atoms with Gasteiger partial charge >= 0.3 is 0 Å². The van der Waals surface area contributed by atoms with Gasteiger partial charge in [0.15, 0.2) is 0 Å². The fourth-order valence-electron chi connectivity index (χ4n) is 2.77. The number of aromatic nitrogens is 1. The van der Waals surface area contributed by atoms with Gasteiger partial charge in [-0.3, -0.25) is 9.78 Å². The van der Waals surface area contributed by atoms with Crippen molar-refractivity contribution in [2.45, 2.75) is 38.0 Å². The van der Waals surface area contributed by atoms with Gasteiger partial charge < -0.3 is 10.6 Å². The SMILES string of the molecule is CC1CCN(C(=O)CCSCc2ccccn2)C(CN)C1. The minimum absolute atomic E-state index is 0.238. The number of hydrogen-bond acceptors (Lipinski definition) is 4. The summed E-state index contributed by atoms with van der Waals surface area (Å²) in [5.74, 6) is 2.65. The molecule has 2 unspecified atom stereocenters. The lowest BCUT2D eigenvalue weighted by molar-refractivity contribution is -0.134. The first-order chi connectivity index (χ1) is 10.2. The number of rotatable bonds is 6. The highest BCUT2D eigenvalue weighted by Gasteiger charge is 2.28. The lowest BCUT2D eigenvalue weighted by Crippen LogP contribution is -2.49. The highest BCUT2D eigenvalue weighted by atomic mass is 32.2. The van der Waals surface area contributed by atoms with Crippen LogP contribution in [0.15, 0.2) is 24.4 Å². The van der Waals surface area contributed by atoms with Crippen LogP contribution in [0.4, 0.5) is 0 Å². The molecule has 5 heteroatoms. The van der Waals surface area contributed by atoms with Gasteiger partial charge in [0.2, 0.25) is 5.91 Å². The minimum atomic E-state index is 0.238. The number of carbonyl (C=O) groups excluding carboxylic acids is 1. The molecule has 4 nitrogen and oxygen atoms in total. The molecule has 0 aliphatic carbocycles. The third-order valence-corrected chi connectivity index (χ3v) is 5.00. The van der Waals surface area contributed by atoms with E-state index >= 15 is 0 Å². The summed E-state index contributed by atoms with van der Waals surface area (Å²) < 4.78 is 0. The number of carbonyl (C=O) groups is 1. The highest BCUT2D eigenvalue weighted by Crippen LogP contribution is 2.23. The van der Waals surface area contributed by atoms with E-state index in [0.29, 0.717) is 18.9 Å². The van der Waals surface area contributed by atoms with Crippen LogP contribution in [0.1, 0.15) is 31.9 Å². The lowest BCUT2D eigenvalue weighted by Gasteiger charge is -2.38. The van der Waals surface area contributed by atoms with Crippen molar-refractivity contribution in [3.05, 3.63) is 30.1 Å². The molecule has 1 amide bonds. The first-order valence-electron chi connectivity index (χ1n) is 7.68. The van der Waals surface area contributed by atoms with Crippen LogP contribution in [0.25, 0.3) is 0 Å².